The third kappa shape index (κ3) is 5.35. The maximum absolute atomic E-state index is 12.8. The van der Waals surface area contributed by atoms with Crippen LogP contribution in [-0.4, -0.2) is 34.9 Å². The maximum atomic E-state index is 12.8. The predicted molar refractivity (Wildman–Crippen MR) is 144 cm³/mol. The average molecular weight is 538 g/mol. The van der Waals surface area contributed by atoms with Crippen LogP contribution in [0.25, 0.3) is 0 Å². The number of nitrogens with one attached hydrogen (secondary N) is 2. The molecular formula is C27H25Cl2N5O3. The van der Waals surface area contributed by atoms with Gasteiger partial charge < -0.3 is 14.8 Å². The summed E-state index contributed by atoms with van der Waals surface area (Å²) in [5.74, 6) is 1.66. The van der Waals surface area contributed by atoms with Gasteiger partial charge in [-0.2, -0.15) is 4.98 Å². The van der Waals surface area contributed by atoms with Gasteiger partial charge in [0.05, 0.1) is 32.7 Å². The molecule has 5 rings (SSSR count). The van der Waals surface area contributed by atoms with Crippen molar-refractivity contribution in [2.75, 3.05) is 24.9 Å². The molecule has 3 aromatic carbocycles. The Morgan fingerprint density at radius 1 is 1.05 bits per heavy atom. The Bertz CT molecular complexity index is 1420. The second-order valence-corrected chi connectivity index (χ2v) is 9.48. The molecule has 37 heavy (non-hydrogen) atoms. The molecule has 0 aliphatic carbocycles. The van der Waals surface area contributed by atoms with Crippen molar-refractivity contribution in [2.45, 2.75) is 24.9 Å². The van der Waals surface area contributed by atoms with Crippen molar-refractivity contribution in [2.24, 2.45) is 0 Å². The quantitative estimate of drug-likeness (QED) is 0.303. The van der Waals surface area contributed by atoms with Crippen LogP contribution in [0, 0.1) is 0 Å². The number of hydrogen-bond acceptors (Lipinski definition) is 6. The summed E-state index contributed by atoms with van der Waals surface area (Å²) in [4.78, 5) is 17.4. The zero-order valence-corrected chi connectivity index (χ0v) is 21.8. The second-order valence-electron chi connectivity index (χ2n) is 8.64. The van der Waals surface area contributed by atoms with Gasteiger partial charge in [-0.3, -0.25) is 10.1 Å². The number of halogens is 2. The smallest absolute Gasteiger partial charge is 0.250 e. The standard InChI is InChI=1S/C27H25Cl2N5O3/c1-36-23-12-7-16(13-24(23)37-2)14-25(35)31-26-32-27-30-21(17-8-10-18(28)11-9-17)15-22(34(27)33-26)19-5-3-4-6-20(19)29/h3-13,21-22H,14-15H2,1-2H3,(H2,30,31,32,33,35)/t21-,22+/m0/s1. The zero-order valence-electron chi connectivity index (χ0n) is 20.2. The SMILES string of the molecule is COc1ccc(CC(=O)Nc2nc3n(n2)[C@@H](c2ccccc2Cl)C[C@@H](c2ccc(Cl)cc2)N3)cc1OC. The van der Waals surface area contributed by atoms with E-state index in [1.54, 1.807) is 31.0 Å². The normalized spacial score (nSPS) is 16.4. The van der Waals surface area contributed by atoms with Crippen LogP contribution >= 0.6 is 23.2 Å². The third-order valence-corrected chi connectivity index (χ3v) is 6.89. The molecule has 0 bridgehead atoms. The van der Waals surface area contributed by atoms with Crippen molar-refractivity contribution in [3.63, 3.8) is 0 Å². The van der Waals surface area contributed by atoms with Crippen molar-refractivity contribution < 1.29 is 14.3 Å². The van der Waals surface area contributed by atoms with E-state index in [4.69, 9.17) is 32.7 Å². The molecule has 2 N–H and O–H groups in total. The molecule has 1 aromatic heterocycles. The van der Waals surface area contributed by atoms with Crippen LogP contribution in [0.2, 0.25) is 10.0 Å². The summed E-state index contributed by atoms with van der Waals surface area (Å²) in [5, 5.41) is 12.2. The topological polar surface area (TPSA) is 90.3 Å². The summed E-state index contributed by atoms with van der Waals surface area (Å²) in [6, 6.07) is 20.5. The van der Waals surface area contributed by atoms with E-state index in [2.05, 4.69) is 20.7 Å². The van der Waals surface area contributed by atoms with Gasteiger partial charge >= 0.3 is 0 Å². The van der Waals surface area contributed by atoms with Gasteiger partial charge in [0, 0.05) is 10.0 Å². The van der Waals surface area contributed by atoms with Crippen molar-refractivity contribution in [1.82, 2.24) is 14.8 Å². The second kappa shape index (κ2) is 10.7. The van der Waals surface area contributed by atoms with Crippen LogP contribution in [0.4, 0.5) is 11.9 Å². The fourth-order valence-corrected chi connectivity index (χ4v) is 4.88. The lowest BCUT2D eigenvalue weighted by molar-refractivity contribution is -0.115. The van der Waals surface area contributed by atoms with Crippen LogP contribution in [-0.2, 0) is 11.2 Å². The lowest BCUT2D eigenvalue weighted by atomic mass is 9.93. The molecule has 4 aromatic rings. The van der Waals surface area contributed by atoms with Crippen molar-refractivity contribution in [1.29, 1.82) is 0 Å². The number of carbonyl (C=O) groups excluding carboxylic acids is 1. The number of fused-ring (bicyclic) bond motifs is 1. The largest absolute Gasteiger partial charge is 0.493 e. The van der Waals surface area contributed by atoms with Crippen LogP contribution < -0.4 is 20.1 Å². The van der Waals surface area contributed by atoms with E-state index < -0.39 is 0 Å². The summed E-state index contributed by atoms with van der Waals surface area (Å²) in [5.41, 5.74) is 2.77. The van der Waals surface area contributed by atoms with Gasteiger partial charge in [-0.25, -0.2) is 4.68 Å². The van der Waals surface area contributed by atoms with Crippen molar-refractivity contribution in [3.05, 3.63) is 93.5 Å². The van der Waals surface area contributed by atoms with Gasteiger partial charge in [-0.1, -0.05) is 59.6 Å². The lowest BCUT2D eigenvalue weighted by Gasteiger charge is -2.32. The van der Waals surface area contributed by atoms with E-state index in [-0.39, 0.29) is 30.4 Å². The van der Waals surface area contributed by atoms with Gasteiger partial charge in [0.25, 0.3) is 5.95 Å². The molecule has 1 amide bonds. The number of benzene rings is 3. The third-order valence-electron chi connectivity index (χ3n) is 6.29. The minimum atomic E-state index is -0.251. The number of ether oxygens (including phenoxy) is 2. The molecule has 8 nitrogen and oxygen atoms in total. The fraction of sp³-hybridized carbons (Fsp3) is 0.222. The molecule has 0 fully saturated rings. The molecule has 1 aliphatic rings. The maximum Gasteiger partial charge on any atom is 0.250 e. The Labute approximate surface area is 224 Å². The zero-order chi connectivity index (χ0) is 25.9. The number of carbonyl (C=O) groups is 1. The van der Waals surface area contributed by atoms with Gasteiger partial charge in [-0.15, -0.1) is 5.10 Å². The summed E-state index contributed by atoms with van der Waals surface area (Å²) < 4.78 is 12.4. The highest BCUT2D eigenvalue weighted by atomic mass is 35.5. The molecule has 2 atom stereocenters. The summed E-state index contributed by atoms with van der Waals surface area (Å²) in [7, 11) is 3.12. The van der Waals surface area contributed by atoms with Gasteiger partial charge in [0.15, 0.2) is 11.5 Å². The molecule has 0 saturated heterocycles. The minimum Gasteiger partial charge on any atom is -0.493 e. The fourth-order valence-electron chi connectivity index (χ4n) is 4.49. The molecule has 0 radical (unpaired) electrons. The van der Waals surface area contributed by atoms with Gasteiger partial charge in [-0.05, 0) is 53.4 Å². The number of hydrogen-bond donors (Lipinski definition) is 2. The first-order valence-electron chi connectivity index (χ1n) is 11.7. The van der Waals surface area contributed by atoms with Gasteiger partial charge in [0.2, 0.25) is 11.9 Å². The molecule has 10 heteroatoms. The molecule has 0 unspecified atom stereocenters. The molecule has 1 aliphatic heterocycles. The minimum absolute atomic E-state index is 0.0504. The summed E-state index contributed by atoms with van der Waals surface area (Å²) in [6.45, 7) is 0. The first-order valence-corrected chi connectivity index (χ1v) is 12.4. The predicted octanol–water partition coefficient (Wildman–Crippen LogP) is 5.93. The van der Waals surface area contributed by atoms with Crippen LogP contribution in [0.1, 0.15) is 35.2 Å². The number of anilines is 2. The van der Waals surface area contributed by atoms with E-state index >= 15 is 0 Å². The summed E-state index contributed by atoms with van der Waals surface area (Å²) in [6.07, 6.45) is 0.805. The van der Waals surface area contributed by atoms with Crippen LogP contribution in [0.3, 0.4) is 0 Å². The Kier molecular flexibility index (Phi) is 7.21. The van der Waals surface area contributed by atoms with Crippen molar-refractivity contribution in [3.8, 4) is 11.5 Å². The highest BCUT2D eigenvalue weighted by Crippen LogP contribution is 2.40. The van der Waals surface area contributed by atoms with E-state index in [0.717, 1.165) is 16.7 Å². The first kappa shape index (κ1) is 24.9. The van der Waals surface area contributed by atoms with Crippen LogP contribution in [0.5, 0.6) is 11.5 Å². The van der Waals surface area contributed by atoms with E-state index in [1.807, 2.05) is 54.6 Å². The number of amides is 1. The highest BCUT2D eigenvalue weighted by molar-refractivity contribution is 6.31. The van der Waals surface area contributed by atoms with E-state index in [9.17, 15) is 4.79 Å². The Hall–Kier alpha value is -3.75. The van der Waals surface area contributed by atoms with Crippen molar-refractivity contribution >= 4 is 41.0 Å². The van der Waals surface area contributed by atoms with E-state index in [1.165, 1.54) is 0 Å². The number of rotatable bonds is 7. The summed E-state index contributed by atoms with van der Waals surface area (Å²) >= 11 is 12.7. The Morgan fingerprint density at radius 2 is 1.81 bits per heavy atom. The lowest BCUT2D eigenvalue weighted by Crippen LogP contribution is -2.28. The molecule has 190 valence electrons. The Balaban J connectivity index is 1.41. The van der Waals surface area contributed by atoms with Gasteiger partial charge in [0.1, 0.15) is 0 Å². The monoisotopic (exact) mass is 537 g/mol. The first-order chi connectivity index (χ1) is 17.9. The number of aromatic nitrogens is 3. The highest BCUT2D eigenvalue weighted by Gasteiger charge is 2.32. The molecule has 2 heterocycles. The van der Waals surface area contributed by atoms with E-state index in [0.29, 0.717) is 33.9 Å². The molecule has 0 saturated carbocycles. The molecular weight excluding hydrogens is 513 g/mol. The number of methoxy groups -OCH3 is 2. The average Bonchev–Trinajstić information content (AvgIpc) is 3.31. The Morgan fingerprint density at radius 3 is 2.54 bits per heavy atom. The van der Waals surface area contributed by atoms with Crippen LogP contribution in [0.15, 0.2) is 66.7 Å². The number of nitrogens with zero attached hydrogens (tertiary/aromatic N) is 3. The molecule has 0 spiro atoms.